The van der Waals surface area contributed by atoms with Crippen molar-refractivity contribution < 1.29 is 0 Å². The van der Waals surface area contributed by atoms with Crippen molar-refractivity contribution in [3.05, 3.63) is 48.6 Å². The first-order valence-electron chi connectivity index (χ1n) is 3.81. The van der Waals surface area contributed by atoms with E-state index in [1.165, 1.54) is 6.54 Å². The minimum atomic E-state index is 0.814. The smallest absolute Gasteiger partial charge is 0.0706 e. The van der Waals surface area contributed by atoms with E-state index in [9.17, 15) is 0 Å². The summed E-state index contributed by atoms with van der Waals surface area (Å²) in [7, 11) is 0. The lowest BCUT2D eigenvalue weighted by molar-refractivity contribution is 1.22. The number of aromatic nitrogens is 1. The van der Waals surface area contributed by atoms with E-state index in [1.54, 1.807) is 0 Å². The second kappa shape index (κ2) is 2.91. The summed E-state index contributed by atoms with van der Waals surface area (Å²) in [6.07, 6.45) is 0. The predicted molar refractivity (Wildman–Crippen MR) is 49.3 cm³/mol. The van der Waals surface area contributed by atoms with Crippen molar-refractivity contribution in [1.82, 2.24) is 4.98 Å². The SMILES string of the molecule is N[CH]c1ccc2ccccc2n1. The summed E-state index contributed by atoms with van der Waals surface area (Å²) in [4.78, 5) is 4.31. The molecule has 2 aromatic rings. The number of fused-ring (bicyclic) bond motifs is 1. The van der Waals surface area contributed by atoms with E-state index in [0.717, 1.165) is 16.6 Å². The van der Waals surface area contributed by atoms with Crippen molar-refractivity contribution in [3.63, 3.8) is 0 Å². The van der Waals surface area contributed by atoms with Crippen molar-refractivity contribution in [1.29, 1.82) is 0 Å². The number of benzene rings is 1. The Labute approximate surface area is 71.0 Å². The second-order valence-corrected chi connectivity index (χ2v) is 2.60. The zero-order valence-electron chi connectivity index (χ0n) is 6.57. The third kappa shape index (κ3) is 1.17. The molecule has 1 heterocycles. The van der Waals surface area contributed by atoms with Crippen LogP contribution in [0.3, 0.4) is 0 Å². The van der Waals surface area contributed by atoms with E-state index in [-0.39, 0.29) is 0 Å². The van der Waals surface area contributed by atoms with Crippen LogP contribution in [0.5, 0.6) is 0 Å². The van der Waals surface area contributed by atoms with Crippen LogP contribution < -0.4 is 5.73 Å². The first kappa shape index (κ1) is 7.25. The van der Waals surface area contributed by atoms with Crippen LogP contribution in [0.1, 0.15) is 5.69 Å². The Hall–Kier alpha value is -1.41. The molecule has 0 aliphatic carbocycles. The van der Waals surface area contributed by atoms with Gasteiger partial charge < -0.3 is 5.73 Å². The molecule has 2 N–H and O–H groups in total. The summed E-state index contributed by atoms with van der Waals surface area (Å²) >= 11 is 0. The van der Waals surface area contributed by atoms with Crippen LogP contribution in [0.25, 0.3) is 10.9 Å². The molecule has 0 atom stereocenters. The molecule has 0 aliphatic heterocycles. The summed E-state index contributed by atoms with van der Waals surface area (Å²) in [5.41, 5.74) is 7.15. The van der Waals surface area contributed by atoms with Crippen molar-refractivity contribution in [3.8, 4) is 0 Å². The molecule has 1 radical (unpaired) electrons. The van der Waals surface area contributed by atoms with Gasteiger partial charge >= 0.3 is 0 Å². The molecule has 2 heteroatoms. The monoisotopic (exact) mass is 157 g/mol. The summed E-state index contributed by atoms with van der Waals surface area (Å²) in [6, 6.07) is 11.9. The minimum Gasteiger partial charge on any atom is -0.321 e. The quantitative estimate of drug-likeness (QED) is 0.684. The molecule has 0 saturated heterocycles. The number of pyridine rings is 1. The average Bonchev–Trinajstić information content (AvgIpc) is 2.17. The van der Waals surface area contributed by atoms with E-state index >= 15 is 0 Å². The highest BCUT2D eigenvalue weighted by Crippen LogP contribution is 2.11. The molecule has 59 valence electrons. The molecule has 0 amide bonds. The molecule has 0 unspecified atom stereocenters. The molecule has 0 spiro atoms. The van der Waals surface area contributed by atoms with Gasteiger partial charge in [-0.25, -0.2) is 0 Å². The van der Waals surface area contributed by atoms with Crippen molar-refractivity contribution in [2.45, 2.75) is 0 Å². The fourth-order valence-electron chi connectivity index (χ4n) is 1.17. The largest absolute Gasteiger partial charge is 0.321 e. The number of para-hydroxylation sites is 1. The maximum Gasteiger partial charge on any atom is 0.0706 e. The van der Waals surface area contributed by atoms with E-state index in [4.69, 9.17) is 5.73 Å². The second-order valence-electron chi connectivity index (χ2n) is 2.60. The average molecular weight is 157 g/mol. The van der Waals surface area contributed by atoms with Crippen LogP contribution in [-0.4, -0.2) is 4.98 Å². The highest BCUT2D eigenvalue weighted by atomic mass is 14.7. The molecule has 2 nitrogen and oxygen atoms in total. The van der Waals surface area contributed by atoms with Crippen LogP contribution in [-0.2, 0) is 0 Å². The molecule has 1 aromatic heterocycles. The van der Waals surface area contributed by atoms with Gasteiger partial charge in [0.05, 0.1) is 17.8 Å². The summed E-state index contributed by atoms with van der Waals surface area (Å²) in [5, 5.41) is 1.14. The van der Waals surface area contributed by atoms with E-state index in [2.05, 4.69) is 4.98 Å². The van der Waals surface area contributed by atoms with Crippen molar-refractivity contribution >= 4 is 10.9 Å². The standard InChI is InChI=1S/C10H9N2/c11-7-9-6-5-8-3-1-2-4-10(8)12-9/h1-7H,11H2. The van der Waals surface area contributed by atoms with Gasteiger partial charge in [0, 0.05) is 5.39 Å². The maximum atomic E-state index is 5.35. The number of nitrogens with zero attached hydrogens (tertiary/aromatic N) is 1. The topological polar surface area (TPSA) is 38.9 Å². The first-order valence-corrected chi connectivity index (χ1v) is 3.81. The fourth-order valence-corrected chi connectivity index (χ4v) is 1.17. The lowest BCUT2D eigenvalue weighted by Gasteiger charge is -1.98. The van der Waals surface area contributed by atoms with Gasteiger partial charge in [0.1, 0.15) is 0 Å². The Morgan fingerprint density at radius 1 is 1.08 bits per heavy atom. The van der Waals surface area contributed by atoms with Gasteiger partial charge in [-0.2, -0.15) is 0 Å². The normalized spacial score (nSPS) is 10.4. The van der Waals surface area contributed by atoms with E-state index in [1.807, 2.05) is 36.4 Å². The molecule has 0 bridgehead atoms. The molecule has 2 rings (SSSR count). The molecular formula is C10H9N2. The Morgan fingerprint density at radius 3 is 2.75 bits per heavy atom. The van der Waals surface area contributed by atoms with Crippen LogP contribution >= 0.6 is 0 Å². The van der Waals surface area contributed by atoms with Gasteiger partial charge in [-0.3, -0.25) is 4.98 Å². The Bertz CT molecular complexity index is 396. The number of hydrogen-bond acceptors (Lipinski definition) is 2. The van der Waals surface area contributed by atoms with Gasteiger partial charge in [0.15, 0.2) is 0 Å². The van der Waals surface area contributed by atoms with Crippen molar-refractivity contribution in [2.75, 3.05) is 0 Å². The fraction of sp³-hybridized carbons (Fsp3) is 0. The molecular weight excluding hydrogens is 148 g/mol. The minimum absolute atomic E-state index is 0.814. The summed E-state index contributed by atoms with van der Waals surface area (Å²) < 4.78 is 0. The third-order valence-electron chi connectivity index (χ3n) is 1.79. The number of nitrogens with two attached hydrogens (primary N) is 1. The predicted octanol–water partition coefficient (Wildman–Crippen LogP) is 1.70. The molecule has 0 saturated carbocycles. The van der Waals surface area contributed by atoms with Crippen LogP contribution in [0.2, 0.25) is 0 Å². The molecule has 1 aromatic carbocycles. The van der Waals surface area contributed by atoms with Crippen LogP contribution in [0.15, 0.2) is 36.4 Å². The van der Waals surface area contributed by atoms with E-state index < -0.39 is 0 Å². The molecule has 12 heavy (non-hydrogen) atoms. The Kier molecular flexibility index (Phi) is 1.76. The lowest BCUT2D eigenvalue weighted by atomic mass is 10.2. The maximum absolute atomic E-state index is 5.35. The van der Waals surface area contributed by atoms with Gasteiger partial charge in [-0.05, 0) is 12.1 Å². The lowest BCUT2D eigenvalue weighted by Crippen LogP contribution is -1.95. The Balaban J connectivity index is 2.67. The Morgan fingerprint density at radius 2 is 1.92 bits per heavy atom. The van der Waals surface area contributed by atoms with Gasteiger partial charge in [-0.15, -0.1) is 0 Å². The van der Waals surface area contributed by atoms with Crippen LogP contribution in [0, 0.1) is 6.54 Å². The van der Waals surface area contributed by atoms with Gasteiger partial charge in [0.2, 0.25) is 0 Å². The zero-order chi connectivity index (χ0) is 8.39. The van der Waals surface area contributed by atoms with Crippen LogP contribution in [0.4, 0.5) is 0 Å². The molecule has 0 fully saturated rings. The van der Waals surface area contributed by atoms with Crippen molar-refractivity contribution in [2.24, 2.45) is 5.73 Å². The third-order valence-corrected chi connectivity index (χ3v) is 1.79. The van der Waals surface area contributed by atoms with Gasteiger partial charge in [0.25, 0.3) is 0 Å². The highest BCUT2D eigenvalue weighted by Gasteiger charge is 1.94. The number of hydrogen-bond donors (Lipinski definition) is 1. The zero-order valence-corrected chi connectivity index (χ0v) is 6.57. The van der Waals surface area contributed by atoms with E-state index in [0.29, 0.717) is 0 Å². The first-order chi connectivity index (χ1) is 5.90. The highest BCUT2D eigenvalue weighted by molar-refractivity contribution is 5.78. The summed E-state index contributed by atoms with van der Waals surface area (Å²) in [6.45, 7) is 1.51. The number of rotatable bonds is 1. The van der Waals surface area contributed by atoms with Gasteiger partial charge in [-0.1, -0.05) is 24.3 Å². The molecule has 0 aliphatic rings. The summed E-state index contributed by atoms with van der Waals surface area (Å²) in [5.74, 6) is 0.